The van der Waals surface area contributed by atoms with Crippen molar-refractivity contribution in [3.63, 3.8) is 0 Å². The van der Waals surface area contributed by atoms with Crippen molar-refractivity contribution in [3.05, 3.63) is 94.6 Å². The Kier molecular flexibility index (Phi) is 4.29. The monoisotopic (exact) mass is 377 g/mol. The summed E-state index contributed by atoms with van der Waals surface area (Å²) in [7, 11) is 0. The third-order valence-corrected chi connectivity index (χ3v) is 4.10. The van der Waals surface area contributed by atoms with Crippen LogP contribution in [0.2, 0.25) is 0 Å². The summed E-state index contributed by atoms with van der Waals surface area (Å²) in [6, 6.07) is 15.1. The van der Waals surface area contributed by atoms with Gasteiger partial charge in [0.2, 0.25) is 0 Å². The number of nitrogens with zero attached hydrogens (tertiary/aromatic N) is 3. The molecule has 0 atom stereocenters. The van der Waals surface area contributed by atoms with Crippen molar-refractivity contribution < 1.29 is 18.8 Å². The van der Waals surface area contributed by atoms with Gasteiger partial charge in [-0.15, -0.1) is 0 Å². The van der Waals surface area contributed by atoms with Gasteiger partial charge < -0.3 is 4.74 Å². The van der Waals surface area contributed by atoms with Gasteiger partial charge in [0.1, 0.15) is 17.2 Å². The van der Waals surface area contributed by atoms with E-state index < -0.39 is 16.7 Å². The Labute approximate surface area is 157 Å². The predicted molar refractivity (Wildman–Crippen MR) is 98.6 cm³/mol. The van der Waals surface area contributed by atoms with Crippen LogP contribution in [0, 0.1) is 15.9 Å². The minimum atomic E-state index is -0.786. The van der Waals surface area contributed by atoms with Gasteiger partial charge >= 0.3 is 5.97 Å². The molecule has 7 nitrogen and oxygen atoms in total. The molecule has 2 aromatic heterocycles. The normalized spacial score (nSPS) is 10.8. The maximum absolute atomic E-state index is 13.7. The fraction of sp³-hybridized carbons (Fsp3) is 0. The zero-order valence-corrected chi connectivity index (χ0v) is 14.3. The van der Waals surface area contributed by atoms with E-state index in [4.69, 9.17) is 4.74 Å². The summed E-state index contributed by atoms with van der Waals surface area (Å²) in [5.74, 6) is -1.18. The second kappa shape index (κ2) is 6.92. The van der Waals surface area contributed by atoms with E-state index in [1.165, 1.54) is 30.5 Å². The number of hydrogen-bond acceptors (Lipinski definition) is 5. The topological polar surface area (TPSA) is 86.7 Å². The number of fused-ring (bicyclic) bond motifs is 1. The lowest BCUT2D eigenvalue weighted by molar-refractivity contribution is -0.385. The molecule has 0 aliphatic carbocycles. The van der Waals surface area contributed by atoms with Gasteiger partial charge in [-0.05, 0) is 42.5 Å². The highest BCUT2D eigenvalue weighted by atomic mass is 19.1. The molecule has 0 amide bonds. The highest BCUT2D eigenvalue weighted by molar-refractivity contribution is 5.91. The van der Waals surface area contributed by atoms with Crippen molar-refractivity contribution in [1.82, 2.24) is 9.38 Å². The average molecular weight is 377 g/mol. The van der Waals surface area contributed by atoms with E-state index in [0.29, 0.717) is 11.3 Å². The molecule has 138 valence electrons. The largest absolute Gasteiger partial charge is 0.423 e. The number of halogens is 1. The molecular formula is C20H12FN3O4. The second-order valence-corrected chi connectivity index (χ2v) is 5.93. The average Bonchev–Trinajstić information content (AvgIpc) is 3.12. The molecule has 4 rings (SSSR count). The molecule has 0 spiro atoms. The third-order valence-electron chi connectivity index (χ3n) is 4.10. The maximum atomic E-state index is 13.7. The van der Waals surface area contributed by atoms with Crippen molar-refractivity contribution in [2.75, 3.05) is 0 Å². The minimum absolute atomic E-state index is 0.0353. The quantitative estimate of drug-likeness (QED) is 0.229. The molecule has 0 aliphatic heterocycles. The Morgan fingerprint density at radius 1 is 1.04 bits per heavy atom. The lowest BCUT2D eigenvalue weighted by atomic mass is 10.1. The van der Waals surface area contributed by atoms with Crippen LogP contribution in [0.25, 0.3) is 16.9 Å². The number of carbonyl (C=O) groups is 1. The minimum Gasteiger partial charge on any atom is -0.423 e. The smallest absolute Gasteiger partial charge is 0.346 e. The fourth-order valence-electron chi connectivity index (χ4n) is 2.71. The van der Waals surface area contributed by atoms with E-state index in [9.17, 15) is 19.3 Å². The van der Waals surface area contributed by atoms with Gasteiger partial charge in [0.15, 0.2) is 0 Å². The lowest BCUT2D eigenvalue weighted by Gasteiger charge is -2.05. The Bertz CT molecular complexity index is 1200. The molecule has 2 aromatic carbocycles. The Hall–Kier alpha value is -4.07. The molecule has 0 saturated heterocycles. The van der Waals surface area contributed by atoms with Gasteiger partial charge in [-0.2, -0.15) is 0 Å². The number of ether oxygens (including phenoxy) is 1. The molecule has 8 heteroatoms. The number of benzene rings is 2. The lowest BCUT2D eigenvalue weighted by Crippen LogP contribution is -2.10. The van der Waals surface area contributed by atoms with Gasteiger partial charge in [0.25, 0.3) is 5.69 Å². The van der Waals surface area contributed by atoms with Gasteiger partial charge in [0.05, 0.1) is 22.4 Å². The number of hydrogen-bond donors (Lipinski definition) is 0. The number of pyridine rings is 1. The zero-order valence-electron chi connectivity index (χ0n) is 14.3. The Morgan fingerprint density at radius 2 is 1.79 bits per heavy atom. The molecule has 2 heterocycles. The number of carbonyl (C=O) groups excluding carboxylic acids is 1. The molecule has 0 radical (unpaired) electrons. The first-order chi connectivity index (χ1) is 13.5. The summed E-state index contributed by atoms with van der Waals surface area (Å²) in [6.07, 6.45) is 3.05. The molecule has 0 fully saturated rings. The van der Waals surface area contributed by atoms with E-state index in [0.717, 1.165) is 5.56 Å². The van der Waals surface area contributed by atoms with Crippen molar-refractivity contribution in [3.8, 4) is 17.0 Å². The molecule has 0 aliphatic rings. The van der Waals surface area contributed by atoms with Crippen molar-refractivity contribution in [2.45, 2.75) is 0 Å². The van der Waals surface area contributed by atoms with E-state index >= 15 is 0 Å². The standard InChI is InChI=1S/C20H12FN3O4/c21-17-4-2-1-3-16(17)20(25)28-15-8-5-13(6-9-15)18-12-23-11-14(24(26)27)7-10-19(23)22-18/h1-12H. The number of esters is 1. The molecule has 0 unspecified atom stereocenters. The number of aromatic nitrogens is 2. The first kappa shape index (κ1) is 17.3. The highest BCUT2D eigenvalue weighted by Crippen LogP contribution is 2.24. The molecule has 4 aromatic rings. The molecule has 28 heavy (non-hydrogen) atoms. The van der Waals surface area contributed by atoms with Crippen LogP contribution in [0.3, 0.4) is 0 Å². The predicted octanol–water partition coefficient (Wildman–Crippen LogP) is 4.27. The molecule has 0 saturated carbocycles. The Morgan fingerprint density at radius 3 is 2.50 bits per heavy atom. The van der Waals surface area contributed by atoms with Crippen LogP contribution in [0.1, 0.15) is 10.4 Å². The number of imidazole rings is 1. The van der Waals surface area contributed by atoms with Gasteiger partial charge in [0, 0.05) is 17.8 Å². The van der Waals surface area contributed by atoms with Crippen LogP contribution in [0.15, 0.2) is 73.1 Å². The summed E-state index contributed by atoms with van der Waals surface area (Å²) in [5.41, 5.74) is 1.72. The van der Waals surface area contributed by atoms with Crippen LogP contribution in [0.4, 0.5) is 10.1 Å². The molecule has 0 N–H and O–H groups in total. The molecule has 0 bridgehead atoms. The van der Waals surface area contributed by atoms with Crippen LogP contribution >= 0.6 is 0 Å². The fourth-order valence-corrected chi connectivity index (χ4v) is 2.71. The van der Waals surface area contributed by atoms with Crippen LogP contribution < -0.4 is 4.74 Å². The van der Waals surface area contributed by atoms with Crippen molar-refractivity contribution in [2.24, 2.45) is 0 Å². The first-order valence-corrected chi connectivity index (χ1v) is 8.21. The summed E-state index contributed by atoms with van der Waals surface area (Å²) >= 11 is 0. The first-order valence-electron chi connectivity index (χ1n) is 8.21. The Balaban J connectivity index is 1.56. The van der Waals surface area contributed by atoms with Gasteiger partial charge in [-0.1, -0.05) is 12.1 Å². The van der Waals surface area contributed by atoms with E-state index in [1.807, 2.05) is 0 Å². The van der Waals surface area contributed by atoms with Crippen LogP contribution in [-0.2, 0) is 0 Å². The number of rotatable bonds is 4. The molecular weight excluding hydrogens is 365 g/mol. The van der Waals surface area contributed by atoms with E-state index in [2.05, 4.69) is 4.98 Å². The van der Waals surface area contributed by atoms with Crippen LogP contribution in [-0.4, -0.2) is 20.3 Å². The SMILES string of the molecule is O=C(Oc1ccc(-c2cn3cc([N+](=O)[O-])ccc3n2)cc1)c1ccccc1F. The van der Waals surface area contributed by atoms with Gasteiger partial charge in [-0.3, -0.25) is 14.5 Å². The summed E-state index contributed by atoms with van der Waals surface area (Å²) in [4.78, 5) is 26.9. The summed E-state index contributed by atoms with van der Waals surface area (Å²) < 4.78 is 20.4. The second-order valence-electron chi connectivity index (χ2n) is 5.93. The van der Waals surface area contributed by atoms with Crippen LogP contribution in [0.5, 0.6) is 5.75 Å². The van der Waals surface area contributed by atoms with E-state index in [1.54, 1.807) is 47.0 Å². The van der Waals surface area contributed by atoms with E-state index in [-0.39, 0.29) is 17.0 Å². The van der Waals surface area contributed by atoms with Crippen molar-refractivity contribution >= 4 is 17.3 Å². The van der Waals surface area contributed by atoms with Crippen molar-refractivity contribution in [1.29, 1.82) is 0 Å². The maximum Gasteiger partial charge on any atom is 0.346 e. The summed E-state index contributed by atoms with van der Waals surface area (Å²) in [6.45, 7) is 0. The summed E-state index contributed by atoms with van der Waals surface area (Å²) in [5, 5.41) is 10.9. The zero-order chi connectivity index (χ0) is 19.7. The van der Waals surface area contributed by atoms with Gasteiger partial charge in [-0.25, -0.2) is 14.2 Å². The highest BCUT2D eigenvalue weighted by Gasteiger charge is 2.14. The number of nitro groups is 1. The third kappa shape index (κ3) is 3.30.